The zero-order valence-electron chi connectivity index (χ0n) is 10.5. The summed E-state index contributed by atoms with van der Waals surface area (Å²) in [6.45, 7) is 9.82. The number of carbonyl (C=O) groups is 2. The van der Waals surface area contributed by atoms with E-state index >= 15 is 0 Å². The minimum Gasteiger partial charge on any atom is -0.307 e. The second-order valence-electron chi connectivity index (χ2n) is 4.71. The Morgan fingerprint density at radius 1 is 1.07 bits per heavy atom. The molecule has 0 aromatic carbocycles. The average molecular weight is 213 g/mol. The van der Waals surface area contributed by atoms with Gasteiger partial charge in [-0.25, -0.2) is 0 Å². The Hall–Kier alpha value is -0.700. The molecule has 0 heterocycles. The molecular weight excluding hydrogens is 190 g/mol. The quantitative estimate of drug-likeness (QED) is 0.701. The highest BCUT2D eigenvalue weighted by Crippen LogP contribution is 2.06. The number of ketones is 2. The number of hydrogen-bond acceptors (Lipinski definition) is 3. The first kappa shape index (κ1) is 14.3. The molecule has 0 unspecified atom stereocenters. The van der Waals surface area contributed by atoms with Crippen LogP contribution in [-0.2, 0) is 9.59 Å². The lowest BCUT2D eigenvalue weighted by Crippen LogP contribution is -2.40. The topological polar surface area (TPSA) is 46.2 Å². The standard InChI is InChI=1S/C12H23NO2/c1-8(2)6-12(11(5)15)13-7-9(3)10(4)14/h8-9,12-13H,6-7H2,1-5H3/t9-,12+/m1/s1. The minimum absolute atomic E-state index is 0.0148. The van der Waals surface area contributed by atoms with Gasteiger partial charge in [0, 0.05) is 12.5 Å². The van der Waals surface area contributed by atoms with Crippen molar-refractivity contribution in [3.8, 4) is 0 Å². The molecule has 0 aliphatic carbocycles. The Bertz CT molecular complexity index is 224. The van der Waals surface area contributed by atoms with Crippen LogP contribution in [0.5, 0.6) is 0 Å². The van der Waals surface area contributed by atoms with Gasteiger partial charge in [0.1, 0.15) is 11.6 Å². The lowest BCUT2D eigenvalue weighted by molar-refractivity contribution is -0.122. The van der Waals surface area contributed by atoms with Crippen LogP contribution in [0.3, 0.4) is 0 Å². The van der Waals surface area contributed by atoms with E-state index in [-0.39, 0.29) is 23.5 Å². The molecule has 0 aromatic heterocycles. The molecule has 0 aliphatic rings. The summed E-state index contributed by atoms with van der Waals surface area (Å²) in [6.07, 6.45) is 0.833. The minimum atomic E-state index is -0.105. The second kappa shape index (κ2) is 6.72. The fourth-order valence-corrected chi connectivity index (χ4v) is 1.33. The van der Waals surface area contributed by atoms with Gasteiger partial charge >= 0.3 is 0 Å². The third kappa shape index (κ3) is 6.39. The van der Waals surface area contributed by atoms with Crippen molar-refractivity contribution in [1.82, 2.24) is 5.32 Å². The summed E-state index contributed by atoms with van der Waals surface area (Å²) in [5.41, 5.74) is 0. The number of rotatable bonds is 7. The fraction of sp³-hybridized carbons (Fsp3) is 0.833. The molecule has 0 fully saturated rings. The predicted molar refractivity (Wildman–Crippen MR) is 61.8 cm³/mol. The van der Waals surface area contributed by atoms with E-state index in [1.165, 1.54) is 0 Å². The third-order valence-corrected chi connectivity index (χ3v) is 2.56. The van der Waals surface area contributed by atoms with Gasteiger partial charge in [-0.15, -0.1) is 0 Å². The molecule has 15 heavy (non-hydrogen) atoms. The van der Waals surface area contributed by atoms with E-state index < -0.39 is 0 Å². The molecule has 0 rings (SSSR count). The van der Waals surface area contributed by atoms with Crippen LogP contribution >= 0.6 is 0 Å². The van der Waals surface area contributed by atoms with E-state index in [0.717, 1.165) is 6.42 Å². The second-order valence-corrected chi connectivity index (χ2v) is 4.71. The first-order chi connectivity index (χ1) is 6.84. The first-order valence-corrected chi connectivity index (χ1v) is 5.58. The molecule has 0 aromatic rings. The van der Waals surface area contributed by atoms with Gasteiger partial charge < -0.3 is 5.32 Å². The first-order valence-electron chi connectivity index (χ1n) is 5.58. The molecule has 0 aliphatic heterocycles. The van der Waals surface area contributed by atoms with Crippen LogP contribution in [0.4, 0.5) is 0 Å². The maximum atomic E-state index is 11.3. The van der Waals surface area contributed by atoms with Crippen LogP contribution in [0.2, 0.25) is 0 Å². The van der Waals surface area contributed by atoms with Gasteiger partial charge in [0.15, 0.2) is 0 Å². The molecule has 0 amide bonds. The summed E-state index contributed by atoms with van der Waals surface area (Å²) < 4.78 is 0. The van der Waals surface area contributed by atoms with E-state index in [1.54, 1.807) is 13.8 Å². The van der Waals surface area contributed by atoms with Crippen molar-refractivity contribution in [3.05, 3.63) is 0 Å². The zero-order chi connectivity index (χ0) is 12.0. The summed E-state index contributed by atoms with van der Waals surface area (Å²) in [4.78, 5) is 22.3. The van der Waals surface area contributed by atoms with Gasteiger partial charge in [0.2, 0.25) is 0 Å². The van der Waals surface area contributed by atoms with Crippen LogP contribution in [0, 0.1) is 11.8 Å². The van der Waals surface area contributed by atoms with Crippen molar-refractivity contribution >= 4 is 11.6 Å². The van der Waals surface area contributed by atoms with E-state index in [2.05, 4.69) is 19.2 Å². The number of hydrogen-bond donors (Lipinski definition) is 1. The highest BCUT2D eigenvalue weighted by Gasteiger charge is 2.17. The van der Waals surface area contributed by atoms with Crippen LogP contribution in [-0.4, -0.2) is 24.2 Å². The number of carbonyl (C=O) groups excluding carboxylic acids is 2. The monoisotopic (exact) mass is 213 g/mol. The number of Topliss-reactive ketones (excluding diaryl/α,β-unsaturated/α-hetero) is 2. The SMILES string of the molecule is CC(=O)[C@H](C)CN[C@@H](CC(C)C)C(C)=O. The summed E-state index contributed by atoms with van der Waals surface area (Å²) in [5, 5.41) is 3.16. The van der Waals surface area contributed by atoms with E-state index in [9.17, 15) is 9.59 Å². The molecule has 0 spiro atoms. The Morgan fingerprint density at radius 2 is 1.60 bits per heavy atom. The molecule has 0 bridgehead atoms. The van der Waals surface area contributed by atoms with E-state index in [4.69, 9.17) is 0 Å². The largest absolute Gasteiger partial charge is 0.307 e. The molecule has 3 heteroatoms. The maximum Gasteiger partial charge on any atom is 0.146 e. The van der Waals surface area contributed by atoms with Crippen molar-refractivity contribution in [1.29, 1.82) is 0 Å². The molecule has 0 radical (unpaired) electrons. The van der Waals surface area contributed by atoms with Crippen molar-refractivity contribution in [2.24, 2.45) is 11.8 Å². The summed E-state index contributed by atoms with van der Waals surface area (Å²) in [6, 6.07) is -0.105. The molecule has 0 saturated carbocycles. The Balaban J connectivity index is 4.07. The highest BCUT2D eigenvalue weighted by atomic mass is 16.1. The average Bonchev–Trinajstić information content (AvgIpc) is 2.10. The van der Waals surface area contributed by atoms with E-state index in [0.29, 0.717) is 12.5 Å². The van der Waals surface area contributed by atoms with Gasteiger partial charge in [0.25, 0.3) is 0 Å². The zero-order valence-corrected chi connectivity index (χ0v) is 10.5. The van der Waals surface area contributed by atoms with Gasteiger partial charge in [-0.1, -0.05) is 20.8 Å². The van der Waals surface area contributed by atoms with Gasteiger partial charge in [-0.2, -0.15) is 0 Å². The van der Waals surface area contributed by atoms with Crippen molar-refractivity contribution < 1.29 is 9.59 Å². The van der Waals surface area contributed by atoms with Crippen molar-refractivity contribution in [3.63, 3.8) is 0 Å². The normalized spacial score (nSPS) is 15.1. The fourth-order valence-electron chi connectivity index (χ4n) is 1.33. The Labute approximate surface area is 92.6 Å². The molecule has 88 valence electrons. The third-order valence-electron chi connectivity index (χ3n) is 2.56. The summed E-state index contributed by atoms with van der Waals surface area (Å²) >= 11 is 0. The van der Waals surface area contributed by atoms with Crippen LogP contribution in [0.15, 0.2) is 0 Å². The van der Waals surface area contributed by atoms with Crippen LogP contribution in [0.1, 0.15) is 41.0 Å². The molecule has 2 atom stereocenters. The lowest BCUT2D eigenvalue weighted by atomic mass is 10.00. The van der Waals surface area contributed by atoms with Gasteiger partial charge in [-0.3, -0.25) is 9.59 Å². The van der Waals surface area contributed by atoms with Crippen LogP contribution in [0.25, 0.3) is 0 Å². The van der Waals surface area contributed by atoms with Crippen molar-refractivity contribution in [2.45, 2.75) is 47.1 Å². The molecular formula is C12H23NO2. The predicted octanol–water partition coefficient (Wildman–Crippen LogP) is 1.80. The molecule has 3 nitrogen and oxygen atoms in total. The lowest BCUT2D eigenvalue weighted by Gasteiger charge is -2.19. The van der Waals surface area contributed by atoms with Gasteiger partial charge in [0.05, 0.1) is 6.04 Å². The molecule has 0 saturated heterocycles. The number of nitrogens with one attached hydrogen (secondary N) is 1. The smallest absolute Gasteiger partial charge is 0.146 e. The van der Waals surface area contributed by atoms with Crippen molar-refractivity contribution in [2.75, 3.05) is 6.54 Å². The Morgan fingerprint density at radius 3 is 1.93 bits per heavy atom. The molecule has 1 N–H and O–H groups in total. The van der Waals surface area contributed by atoms with Gasteiger partial charge in [-0.05, 0) is 26.2 Å². The maximum absolute atomic E-state index is 11.3. The summed E-state index contributed by atoms with van der Waals surface area (Å²) in [5.74, 6) is 0.784. The Kier molecular flexibility index (Phi) is 6.41. The summed E-state index contributed by atoms with van der Waals surface area (Å²) in [7, 11) is 0. The van der Waals surface area contributed by atoms with E-state index in [1.807, 2.05) is 6.92 Å². The highest BCUT2D eigenvalue weighted by molar-refractivity contribution is 5.81. The van der Waals surface area contributed by atoms with Crippen LogP contribution < -0.4 is 5.32 Å².